The Morgan fingerprint density at radius 3 is 2.81 bits per heavy atom. The first-order valence-electron chi connectivity index (χ1n) is 8.32. The fraction of sp³-hybridized carbons (Fsp3) is 0.353. The molecule has 1 aromatic carbocycles. The average Bonchev–Trinajstić information content (AvgIpc) is 3.21. The highest BCUT2D eigenvalue weighted by atomic mass is 35.5. The van der Waals surface area contributed by atoms with Gasteiger partial charge in [-0.3, -0.25) is 4.57 Å². The van der Waals surface area contributed by atoms with Crippen LogP contribution in [0.5, 0.6) is 0 Å². The minimum atomic E-state index is -1.17. The molecule has 0 saturated carbocycles. The van der Waals surface area contributed by atoms with Gasteiger partial charge in [0.1, 0.15) is 30.2 Å². The first kappa shape index (κ1) is 18.1. The first-order valence-corrected chi connectivity index (χ1v) is 8.70. The molecule has 1 saturated heterocycles. The molecule has 1 aliphatic rings. The van der Waals surface area contributed by atoms with Gasteiger partial charge in [0.15, 0.2) is 17.7 Å². The smallest absolute Gasteiger partial charge is 0.167 e. The van der Waals surface area contributed by atoms with Crippen LogP contribution < -0.4 is 5.73 Å². The first-order chi connectivity index (χ1) is 13.1. The molecular weight excluding hydrogens is 374 g/mol. The van der Waals surface area contributed by atoms with E-state index in [1.165, 1.54) is 17.2 Å². The van der Waals surface area contributed by atoms with Crippen molar-refractivity contribution >= 4 is 28.6 Å². The van der Waals surface area contributed by atoms with E-state index in [-0.39, 0.29) is 19.0 Å². The van der Waals surface area contributed by atoms with Crippen LogP contribution in [0.1, 0.15) is 11.8 Å². The van der Waals surface area contributed by atoms with Gasteiger partial charge in [-0.1, -0.05) is 29.8 Å². The maximum Gasteiger partial charge on any atom is 0.167 e. The van der Waals surface area contributed by atoms with Gasteiger partial charge in [0, 0.05) is 5.02 Å². The summed E-state index contributed by atoms with van der Waals surface area (Å²) in [5.74, 6) is 0.228. The van der Waals surface area contributed by atoms with Gasteiger partial charge in [-0.2, -0.15) is 0 Å². The van der Waals surface area contributed by atoms with Crippen LogP contribution >= 0.6 is 11.6 Å². The lowest BCUT2D eigenvalue weighted by atomic mass is 10.1. The van der Waals surface area contributed by atoms with Gasteiger partial charge < -0.3 is 25.4 Å². The molecule has 3 aromatic rings. The third-order valence-corrected chi connectivity index (χ3v) is 4.86. The van der Waals surface area contributed by atoms with Gasteiger partial charge >= 0.3 is 0 Å². The molecule has 142 valence electrons. The summed E-state index contributed by atoms with van der Waals surface area (Å²) in [5, 5.41) is 21.3. The third kappa shape index (κ3) is 3.35. The van der Waals surface area contributed by atoms with E-state index in [2.05, 4.69) is 15.0 Å². The molecule has 4 rings (SSSR count). The lowest BCUT2D eigenvalue weighted by molar-refractivity contribution is -0.0682. The van der Waals surface area contributed by atoms with E-state index in [9.17, 15) is 10.2 Å². The zero-order valence-electron chi connectivity index (χ0n) is 14.1. The second-order valence-corrected chi connectivity index (χ2v) is 6.64. The Hall–Kier alpha value is -2.30. The number of halogens is 1. The number of hydrogen-bond acceptors (Lipinski definition) is 8. The Labute approximate surface area is 159 Å². The highest BCUT2D eigenvalue weighted by molar-refractivity contribution is 6.31. The van der Waals surface area contributed by atoms with Gasteiger partial charge in [0.25, 0.3) is 0 Å². The molecule has 2 aromatic heterocycles. The van der Waals surface area contributed by atoms with Crippen LogP contribution in [0, 0.1) is 0 Å². The fourth-order valence-electron chi connectivity index (χ4n) is 3.05. The maximum atomic E-state index is 10.4. The normalized spacial score (nSPS) is 25.3. The van der Waals surface area contributed by atoms with Crippen LogP contribution in [0.4, 0.5) is 5.82 Å². The summed E-state index contributed by atoms with van der Waals surface area (Å²) < 4.78 is 13.0. The molecule has 0 spiro atoms. The lowest BCUT2D eigenvalue weighted by Crippen LogP contribution is -2.33. The van der Waals surface area contributed by atoms with Crippen LogP contribution in [0.25, 0.3) is 11.2 Å². The topological polar surface area (TPSA) is 129 Å². The minimum Gasteiger partial charge on any atom is -0.387 e. The third-order valence-electron chi connectivity index (χ3n) is 4.50. The molecule has 27 heavy (non-hydrogen) atoms. The standard InChI is InChI=1S/C17H18ClN5O4/c18-10-4-2-1-3-9(10)5-26-6-11-13(24)14(25)17(27-11)23-8-22-12-15(19)20-7-21-16(12)23/h1-4,7-8,11,13-14,17,24-25H,5-6H2,(H2,19,20,21)/t11-,13-,14-,17-/m1/s1. The van der Waals surface area contributed by atoms with Crippen LogP contribution in [0.15, 0.2) is 36.9 Å². The zero-order valence-corrected chi connectivity index (χ0v) is 14.9. The van der Waals surface area contributed by atoms with Crippen LogP contribution in [-0.2, 0) is 16.1 Å². The van der Waals surface area contributed by atoms with Gasteiger partial charge in [-0.25, -0.2) is 15.0 Å². The number of aromatic nitrogens is 4. The predicted molar refractivity (Wildman–Crippen MR) is 96.8 cm³/mol. The van der Waals surface area contributed by atoms with Gasteiger partial charge in [-0.15, -0.1) is 0 Å². The molecule has 1 fully saturated rings. The van der Waals surface area contributed by atoms with Gasteiger partial charge in [0.05, 0.1) is 19.5 Å². The van der Waals surface area contributed by atoms with Crippen molar-refractivity contribution in [3.05, 3.63) is 47.5 Å². The fourth-order valence-corrected chi connectivity index (χ4v) is 3.24. The Kier molecular flexibility index (Phi) is 4.94. The summed E-state index contributed by atoms with van der Waals surface area (Å²) in [6.07, 6.45) is -1.14. The molecule has 3 heterocycles. The van der Waals surface area contributed by atoms with Gasteiger partial charge in [0.2, 0.25) is 0 Å². The summed E-state index contributed by atoms with van der Waals surface area (Å²) in [6.45, 7) is 0.356. The van der Waals surface area contributed by atoms with E-state index in [0.29, 0.717) is 16.2 Å². The molecule has 0 amide bonds. The summed E-state index contributed by atoms with van der Waals surface area (Å²) in [6, 6.07) is 7.33. The number of nitrogens with zero attached hydrogens (tertiary/aromatic N) is 4. The lowest BCUT2D eigenvalue weighted by Gasteiger charge is -2.16. The van der Waals surface area contributed by atoms with Crippen molar-refractivity contribution in [2.45, 2.75) is 31.1 Å². The molecule has 0 bridgehead atoms. The Bertz CT molecular complexity index is 952. The van der Waals surface area contributed by atoms with E-state index >= 15 is 0 Å². The Balaban J connectivity index is 1.46. The second kappa shape index (κ2) is 7.37. The molecule has 10 heteroatoms. The molecule has 0 radical (unpaired) electrons. The Morgan fingerprint density at radius 2 is 2.00 bits per heavy atom. The summed E-state index contributed by atoms with van der Waals surface area (Å²) in [5.41, 5.74) is 7.43. The predicted octanol–water partition coefficient (Wildman–Crippen LogP) is 0.898. The van der Waals surface area contributed by atoms with Crippen LogP contribution in [-0.4, -0.2) is 54.7 Å². The van der Waals surface area contributed by atoms with Crippen molar-refractivity contribution < 1.29 is 19.7 Å². The van der Waals surface area contributed by atoms with Crippen LogP contribution in [0.2, 0.25) is 5.02 Å². The van der Waals surface area contributed by atoms with Crippen molar-refractivity contribution in [2.75, 3.05) is 12.3 Å². The summed E-state index contributed by atoms with van der Waals surface area (Å²) in [4.78, 5) is 12.2. The van der Waals surface area contributed by atoms with Crippen LogP contribution in [0.3, 0.4) is 0 Å². The quantitative estimate of drug-likeness (QED) is 0.585. The zero-order chi connectivity index (χ0) is 19.0. The SMILES string of the molecule is Nc1ncnc2c1ncn2[C@@H]1O[C@H](COCc2ccccc2Cl)[C@@H](O)[C@H]1O. The highest BCUT2D eigenvalue weighted by Gasteiger charge is 2.44. The average molecular weight is 392 g/mol. The van der Waals surface area contributed by atoms with Crippen molar-refractivity contribution in [1.82, 2.24) is 19.5 Å². The number of imidazole rings is 1. The number of fused-ring (bicyclic) bond motifs is 1. The number of nitrogens with two attached hydrogens (primary N) is 1. The number of benzene rings is 1. The van der Waals surface area contributed by atoms with E-state index < -0.39 is 24.5 Å². The van der Waals surface area contributed by atoms with Gasteiger partial charge in [-0.05, 0) is 11.6 Å². The highest BCUT2D eigenvalue weighted by Crippen LogP contribution is 2.32. The second-order valence-electron chi connectivity index (χ2n) is 6.24. The minimum absolute atomic E-state index is 0.0870. The number of aliphatic hydroxyl groups excluding tert-OH is 2. The van der Waals surface area contributed by atoms with E-state index in [0.717, 1.165) is 5.56 Å². The summed E-state index contributed by atoms with van der Waals surface area (Å²) in [7, 11) is 0. The van der Waals surface area contributed by atoms with E-state index in [1.54, 1.807) is 6.07 Å². The van der Waals surface area contributed by atoms with Crippen molar-refractivity contribution in [1.29, 1.82) is 0 Å². The molecule has 0 aliphatic carbocycles. The number of aliphatic hydroxyl groups is 2. The molecule has 1 aliphatic heterocycles. The maximum absolute atomic E-state index is 10.4. The van der Waals surface area contributed by atoms with E-state index in [1.807, 2.05) is 18.2 Å². The number of anilines is 1. The number of rotatable bonds is 5. The Morgan fingerprint density at radius 1 is 1.19 bits per heavy atom. The monoisotopic (exact) mass is 391 g/mol. The largest absolute Gasteiger partial charge is 0.387 e. The van der Waals surface area contributed by atoms with Crippen molar-refractivity contribution in [3.8, 4) is 0 Å². The molecular formula is C17H18ClN5O4. The molecule has 9 nitrogen and oxygen atoms in total. The number of nitrogen functional groups attached to an aromatic ring is 1. The molecule has 4 N–H and O–H groups in total. The van der Waals surface area contributed by atoms with E-state index in [4.69, 9.17) is 26.8 Å². The van der Waals surface area contributed by atoms with Crippen molar-refractivity contribution in [2.24, 2.45) is 0 Å². The number of ether oxygens (including phenoxy) is 2. The van der Waals surface area contributed by atoms with Crippen molar-refractivity contribution in [3.63, 3.8) is 0 Å². The summed E-state index contributed by atoms with van der Waals surface area (Å²) >= 11 is 6.10. The number of hydrogen-bond donors (Lipinski definition) is 3. The molecule has 0 unspecified atom stereocenters. The molecule has 4 atom stereocenters.